The fourth-order valence-corrected chi connectivity index (χ4v) is 4.37. The summed E-state index contributed by atoms with van der Waals surface area (Å²) in [7, 11) is 4.04. The van der Waals surface area contributed by atoms with E-state index in [1.165, 1.54) is 0 Å². The minimum atomic E-state index is -0.0541. The maximum absolute atomic E-state index is 12.4. The summed E-state index contributed by atoms with van der Waals surface area (Å²) in [6.07, 6.45) is 0.923. The van der Waals surface area contributed by atoms with Crippen LogP contribution in [0.4, 0.5) is 0 Å². The molecule has 0 aliphatic carbocycles. The highest BCUT2D eigenvalue weighted by Gasteiger charge is 2.32. The number of nitrogens with one attached hydrogen (secondary N) is 1. The largest absolute Gasteiger partial charge is 0.352 e. The van der Waals surface area contributed by atoms with Crippen molar-refractivity contribution in [1.29, 1.82) is 0 Å². The lowest BCUT2D eigenvalue weighted by Gasteiger charge is -2.24. The molecule has 0 radical (unpaired) electrons. The molecule has 1 N–H and O–H groups in total. The fourth-order valence-electron chi connectivity index (χ4n) is 3.18. The maximum Gasteiger partial charge on any atom is 0.251 e. The summed E-state index contributed by atoms with van der Waals surface area (Å²) in [5.41, 5.74) is 2.82. The molecule has 6 heteroatoms. The molecule has 0 unspecified atom stereocenters. The zero-order chi connectivity index (χ0) is 19.9. The molecule has 28 heavy (non-hydrogen) atoms. The normalized spacial score (nSPS) is 16.6. The molecule has 1 atom stereocenters. The lowest BCUT2D eigenvalue weighted by atomic mass is 10.1. The summed E-state index contributed by atoms with van der Waals surface area (Å²) in [6.45, 7) is 2.21. The molecule has 148 valence electrons. The summed E-state index contributed by atoms with van der Waals surface area (Å²) >= 11 is 1.64. The van der Waals surface area contributed by atoms with Gasteiger partial charge in [-0.05, 0) is 50.3 Å². The number of hydrogen-bond acceptors (Lipinski definition) is 4. The van der Waals surface area contributed by atoms with Gasteiger partial charge in [-0.3, -0.25) is 9.59 Å². The number of amides is 2. The first-order valence-electron chi connectivity index (χ1n) is 9.52. The summed E-state index contributed by atoms with van der Waals surface area (Å²) in [6, 6.07) is 17.7. The third-order valence-electron chi connectivity index (χ3n) is 4.69. The highest BCUT2D eigenvalue weighted by Crippen LogP contribution is 2.39. The SMILES string of the molecule is CN(C)CCCNC(=O)c1ccc([C@H]2SCC(=O)N2Cc2ccccc2)cc1. The molecule has 0 saturated carbocycles. The van der Waals surface area contributed by atoms with Crippen LogP contribution in [0.5, 0.6) is 0 Å². The monoisotopic (exact) mass is 397 g/mol. The van der Waals surface area contributed by atoms with Gasteiger partial charge in [0.05, 0.1) is 5.75 Å². The molecule has 1 aliphatic heterocycles. The van der Waals surface area contributed by atoms with E-state index in [0.29, 0.717) is 24.4 Å². The van der Waals surface area contributed by atoms with Crippen molar-refractivity contribution < 1.29 is 9.59 Å². The Balaban J connectivity index is 1.61. The van der Waals surface area contributed by atoms with Crippen molar-refractivity contribution in [3.8, 4) is 0 Å². The Bertz CT molecular complexity index is 793. The van der Waals surface area contributed by atoms with Crippen LogP contribution in [0.3, 0.4) is 0 Å². The van der Waals surface area contributed by atoms with Crippen LogP contribution in [-0.4, -0.2) is 54.6 Å². The smallest absolute Gasteiger partial charge is 0.251 e. The Morgan fingerprint density at radius 3 is 2.54 bits per heavy atom. The van der Waals surface area contributed by atoms with E-state index in [4.69, 9.17) is 0 Å². The zero-order valence-electron chi connectivity index (χ0n) is 16.4. The predicted molar refractivity (Wildman–Crippen MR) is 114 cm³/mol. The Morgan fingerprint density at radius 2 is 1.86 bits per heavy atom. The van der Waals surface area contributed by atoms with Crippen molar-refractivity contribution in [2.75, 3.05) is 32.9 Å². The number of benzene rings is 2. The minimum Gasteiger partial charge on any atom is -0.352 e. The molecule has 3 rings (SSSR count). The van der Waals surface area contributed by atoms with Crippen LogP contribution in [0.15, 0.2) is 54.6 Å². The van der Waals surface area contributed by atoms with E-state index in [2.05, 4.69) is 10.2 Å². The third kappa shape index (κ3) is 5.36. The van der Waals surface area contributed by atoms with Gasteiger partial charge in [-0.25, -0.2) is 0 Å². The second-order valence-electron chi connectivity index (χ2n) is 7.21. The van der Waals surface area contributed by atoms with Crippen molar-refractivity contribution in [2.24, 2.45) is 0 Å². The van der Waals surface area contributed by atoms with Gasteiger partial charge in [0.2, 0.25) is 5.91 Å². The summed E-state index contributed by atoms with van der Waals surface area (Å²) in [4.78, 5) is 28.7. The van der Waals surface area contributed by atoms with E-state index in [9.17, 15) is 9.59 Å². The van der Waals surface area contributed by atoms with Crippen molar-refractivity contribution >= 4 is 23.6 Å². The van der Waals surface area contributed by atoms with E-state index >= 15 is 0 Å². The molecule has 1 saturated heterocycles. The van der Waals surface area contributed by atoms with Crippen molar-refractivity contribution in [3.05, 3.63) is 71.3 Å². The number of carbonyl (C=O) groups is 2. The average molecular weight is 398 g/mol. The van der Waals surface area contributed by atoms with Gasteiger partial charge in [0.15, 0.2) is 0 Å². The van der Waals surface area contributed by atoms with E-state index in [-0.39, 0.29) is 17.2 Å². The number of carbonyl (C=O) groups excluding carboxylic acids is 2. The Morgan fingerprint density at radius 1 is 1.14 bits per heavy atom. The molecule has 2 amide bonds. The lowest BCUT2D eigenvalue weighted by Crippen LogP contribution is -2.28. The van der Waals surface area contributed by atoms with Crippen LogP contribution in [0.1, 0.15) is 33.3 Å². The van der Waals surface area contributed by atoms with Gasteiger partial charge < -0.3 is 15.1 Å². The molecule has 1 heterocycles. The maximum atomic E-state index is 12.4. The van der Waals surface area contributed by atoms with Gasteiger partial charge in [0.25, 0.3) is 5.91 Å². The molecule has 5 nitrogen and oxygen atoms in total. The summed E-state index contributed by atoms with van der Waals surface area (Å²) in [5, 5.41) is 2.95. The summed E-state index contributed by atoms with van der Waals surface area (Å²) < 4.78 is 0. The molecule has 2 aromatic rings. The van der Waals surface area contributed by atoms with Gasteiger partial charge in [-0.1, -0.05) is 42.5 Å². The highest BCUT2D eigenvalue weighted by atomic mass is 32.2. The van der Waals surface area contributed by atoms with Crippen LogP contribution in [0.25, 0.3) is 0 Å². The van der Waals surface area contributed by atoms with Gasteiger partial charge >= 0.3 is 0 Å². The van der Waals surface area contributed by atoms with E-state index < -0.39 is 0 Å². The van der Waals surface area contributed by atoms with Crippen LogP contribution >= 0.6 is 11.8 Å². The molecule has 1 aliphatic rings. The van der Waals surface area contributed by atoms with Gasteiger partial charge in [-0.2, -0.15) is 0 Å². The molecular formula is C22H27N3O2S. The second kappa shape index (κ2) is 9.75. The van der Waals surface area contributed by atoms with Crippen LogP contribution < -0.4 is 5.32 Å². The van der Waals surface area contributed by atoms with Crippen LogP contribution in [0.2, 0.25) is 0 Å². The first kappa shape index (κ1) is 20.4. The van der Waals surface area contributed by atoms with E-state index in [0.717, 1.165) is 24.1 Å². The molecular weight excluding hydrogens is 370 g/mol. The number of rotatable bonds is 8. The standard InChI is InChI=1S/C22H27N3O2S/c1-24(2)14-6-13-23-21(27)18-9-11-19(12-10-18)22-25(20(26)16-28-22)15-17-7-4-3-5-8-17/h3-5,7-12,22H,6,13-16H2,1-2H3,(H,23,27)/t22-/m1/s1. The third-order valence-corrected chi connectivity index (χ3v) is 5.95. The Labute approximate surface area is 171 Å². The molecule has 0 aromatic heterocycles. The average Bonchev–Trinajstić information content (AvgIpc) is 3.06. The second-order valence-corrected chi connectivity index (χ2v) is 8.27. The van der Waals surface area contributed by atoms with E-state index in [1.807, 2.05) is 73.6 Å². The first-order valence-corrected chi connectivity index (χ1v) is 10.6. The molecule has 0 bridgehead atoms. The molecule has 0 spiro atoms. The Hall–Kier alpha value is -2.31. The lowest BCUT2D eigenvalue weighted by molar-refractivity contribution is -0.128. The van der Waals surface area contributed by atoms with Gasteiger partial charge in [0, 0.05) is 18.7 Å². The zero-order valence-corrected chi connectivity index (χ0v) is 17.2. The molecule has 2 aromatic carbocycles. The van der Waals surface area contributed by atoms with E-state index in [1.54, 1.807) is 11.8 Å². The Kier molecular flexibility index (Phi) is 7.12. The van der Waals surface area contributed by atoms with Crippen LogP contribution in [0, 0.1) is 0 Å². The first-order chi connectivity index (χ1) is 13.5. The topological polar surface area (TPSA) is 52.7 Å². The number of nitrogens with zero attached hydrogens (tertiary/aromatic N) is 2. The highest BCUT2D eigenvalue weighted by molar-refractivity contribution is 8.00. The number of hydrogen-bond donors (Lipinski definition) is 1. The number of thioether (sulfide) groups is 1. The fraction of sp³-hybridized carbons (Fsp3) is 0.364. The van der Waals surface area contributed by atoms with Crippen LogP contribution in [-0.2, 0) is 11.3 Å². The van der Waals surface area contributed by atoms with Crippen molar-refractivity contribution in [2.45, 2.75) is 18.3 Å². The van der Waals surface area contributed by atoms with Crippen molar-refractivity contribution in [1.82, 2.24) is 15.1 Å². The quantitative estimate of drug-likeness (QED) is 0.696. The predicted octanol–water partition coefficient (Wildman–Crippen LogP) is 3.14. The van der Waals surface area contributed by atoms with Crippen molar-refractivity contribution in [3.63, 3.8) is 0 Å². The van der Waals surface area contributed by atoms with Gasteiger partial charge in [0.1, 0.15) is 5.37 Å². The summed E-state index contributed by atoms with van der Waals surface area (Å²) in [5.74, 6) is 0.592. The molecule has 1 fully saturated rings. The van der Waals surface area contributed by atoms with Gasteiger partial charge in [-0.15, -0.1) is 11.8 Å². The minimum absolute atomic E-state index is 0.00934.